The van der Waals surface area contributed by atoms with Gasteiger partial charge in [0.1, 0.15) is 0 Å². The molecule has 4 heterocycles. The predicted octanol–water partition coefficient (Wildman–Crippen LogP) is 10.9. The van der Waals surface area contributed by atoms with Crippen molar-refractivity contribution in [1.82, 2.24) is 4.48 Å². The Balaban J connectivity index is 1.41. The first-order valence-electron chi connectivity index (χ1n) is 17.1. The minimum absolute atomic E-state index is 0.000759. The van der Waals surface area contributed by atoms with Crippen LogP contribution in [0.4, 0.5) is 17.1 Å². The molecule has 0 N–H and O–H groups in total. The third-order valence-electron chi connectivity index (χ3n) is 10.8. The predicted molar refractivity (Wildman–Crippen MR) is 207 cm³/mol. The molecule has 7 aromatic rings. The maximum absolute atomic E-state index is 2.70. The standard InChI is InChI=1S/C44H37BN2S/c1-43(2,3)28-19-20-35-30(23-28)32-24-29(44(4,5)6)25-33-31-21-27(26-13-8-7-9-14-26)22-37-40(31)45(47(35)41(32)33)34-15-12-18-39-42(34)46(37)36-16-10-11-17-38(36)48-39/h7-25H,1-6H3. The van der Waals surface area contributed by atoms with Gasteiger partial charge in [0.25, 0.3) is 0 Å². The van der Waals surface area contributed by atoms with Crippen LogP contribution in [0.1, 0.15) is 52.7 Å². The van der Waals surface area contributed by atoms with Crippen LogP contribution >= 0.6 is 11.8 Å². The molecule has 1 aromatic heterocycles. The van der Waals surface area contributed by atoms with Crippen molar-refractivity contribution < 1.29 is 0 Å². The first-order valence-corrected chi connectivity index (χ1v) is 18.0. The highest BCUT2D eigenvalue weighted by molar-refractivity contribution is 7.99. The lowest BCUT2D eigenvalue weighted by molar-refractivity contribution is 0.590. The summed E-state index contributed by atoms with van der Waals surface area (Å²) in [5.41, 5.74) is 17.3. The number of benzene rings is 6. The molecule has 0 fully saturated rings. The number of hydrogen-bond donors (Lipinski definition) is 0. The second-order valence-corrected chi connectivity index (χ2v) is 16.9. The number of nitrogens with zero attached hydrogens (tertiary/aromatic N) is 2. The summed E-state index contributed by atoms with van der Waals surface area (Å²) in [6, 6.07) is 44.1. The van der Waals surface area contributed by atoms with Crippen LogP contribution in [0.25, 0.3) is 44.1 Å². The highest BCUT2D eigenvalue weighted by Crippen LogP contribution is 2.54. The Labute approximate surface area is 287 Å². The lowest BCUT2D eigenvalue weighted by atomic mass is 9.45. The highest BCUT2D eigenvalue weighted by Gasteiger charge is 2.45. The molecule has 2 nitrogen and oxygen atoms in total. The molecule has 0 amide bonds. The molecule has 6 aromatic carbocycles. The maximum atomic E-state index is 2.70. The highest BCUT2D eigenvalue weighted by atomic mass is 32.2. The number of rotatable bonds is 1. The molecule has 3 aliphatic heterocycles. The van der Waals surface area contributed by atoms with Crippen LogP contribution in [0.5, 0.6) is 0 Å². The second kappa shape index (κ2) is 9.48. The molecule has 232 valence electrons. The van der Waals surface area contributed by atoms with Crippen molar-refractivity contribution in [3.05, 3.63) is 126 Å². The molecule has 3 aliphatic rings. The molecule has 0 saturated carbocycles. The van der Waals surface area contributed by atoms with Gasteiger partial charge in [-0.1, -0.05) is 114 Å². The Morgan fingerprint density at radius 2 is 1.29 bits per heavy atom. The SMILES string of the molecule is CC(C)(C)c1ccc2c(c1)c1cc(C(C)(C)C)cc3c1n2B1c2cccc4c2N(c2ccccc2S4)c2cc(-c4ccccc4)cc-3c21. The van der Waals surface area contributed by atoms with E-state index >= 15 is 0 Å². The zero-order valence-electron chi connectivity index (χ0n) is 28.3. The summed E-state index contributed by atoms with van der Waals surface area (Å²) in [6.45, 7) is 14.1. The van der Waals surface area contributed by atoms with E-state index in [1.807, 2.05) is 11.8 Å². The lowest BCUT2D eigenvalue weighted by Crippen LogP contribution is -2.57. The van der Waals surface area contributed by atoms with Gasteiger partial charge in [0, 0.05) is 42.8 Å². The van der Waals surface area contributed by atoms with Gasteiger partial charge in [-0.05, 0) is 104 Å². The number of anilines is 3. The Hall–Kier alpha value is -4.67. The van der Waals surface area contributed by atoms with Gasteiger partial charge in [0.05, 0.1) is 11.4 Å². The van der Waals surface area contributed by atoms with Gasteiger partial charge in [-0.25, -0.2) is 0 Å². The fourth-order valence-electron chi connectivity index (χ4n) is 8.41. The Morgan fingerprint density at radius 1 is 0.562 bits per heavy atom. The van der Waals surface area contributed by atoms with E-state index in [2.05, 4.69) is 166 Å². The third kappa shape index (κ3) is 3.78. The topological polar surface area (TPSA) is 8.17 Å². The van der Waals surface area contributed by atoms with E-state index < -0.39 is 0 Å². The molecule has 0 saturated heterocycles. The van der Waals surface area contributed by atoms with Gasteiger partial charge in [-0.2, -0.15) is 0 Å². The van der Waals surface area contributed by atoms with Crippen LogP contribution in [0.3, 0.4) is 0 Å². The normalized spacial score (nSPS) is 14.3. The van der Waals surface area contributed by atoms with Crippen LogP contribution in [0.2, 0.25) is 0 Å². The molecule has 4 heteroatoms. The smallest absolute Gasteiger partial charge is 0.333 e. The van der Waals surface area contributed by atoms with Crippen molar-refractivity contribution >= 4 is 68.4 Å². The number of para-hydroxylation sites is 2. The summed E-state index contributed by atoms with van der Waals surface area (Å²) in [7, 11) is 0. The monoisotopic (exact) mass is 636 g/mol. The molecule has 0 spiro atoms. The second-order valence-electron chi connectivity index (χ2n) is 15.8. The largest absolute Gasteiger partial charge is 0.375 e. The Morgan fingerprint density at radius 3 is 2.08 bits per heavy atom. The molecule has 0 aliphatic carbocycles. The zero-order valence-corrected chi connectivity index (χ0v) is 29.2. The fourth-order valence-corrected chi connectivity index (χ4v) is 9.51. The first kappa shape index (κ1) is 28.4. The number of fused-ring (bicyclic) bond motifs is 9. The van der Waals surface area contributed by atoms with Crippen molar-refractivity contribution in [3.63, 3.8) is 0 Å². The van der Waals surface area contributed by atoms with Crippen LogP contribution < -0.4 is 15.8 Å². The maximum Gasteiger partial charge on any atom is 0.333 e. The van der Waals surface area contributed by atoms with Crippen molar-refractivity contribution in [2.24, 2.45) is 0 Å². The Bertz CT molecular complexity index is 2510. The molecular formula is C44H37BN2S. The summed E-state index contributed by atoms with van der Waals surface area (Å²) in [6.07, 6.45) is 0. The summed E-state index contributed by atoms with van der Waals surface area (Å²) in [5.74, 6) is 0. The van der Waals surface area contributed by atoms with Crippen molar-refractivity contribution in [3.8, 4) is 22.3 Å². The number of hydrogen-bond acceptors (Lipinski definition) is 2. The molecule has 0 unspecified atom stereocenters. The molecule has 0 atom stereocenters. The van der Waals surface area contributed by atoms with Crippen LogP contribution in [-0.2, 0) is 10.8 Å². The molecule has 48 heavy (non-hydrogen) atoms. The quantitative estimate of drug-likeness (QED) is 0.166. The van der Waals surface area contributed by atoms with Gasteiger partial charge in [-0.15, -0.1) is 0 Å². The van der Waals surface area contributed by atoms with E-state index in [-0.39, 0.29) is 17.7 Å². The summed E-state index contributed by atoms with van der Waals surface area (Å²) in [4.78, 5) is 5.20. The van der Waals surface area contributed by atoms with Crippen molar-refractivity contribution in [1.29, 1.82) is 0 Å². The minimum Gasteiger partial charge on any atom is -0.375 e. The van der Waals surface area contributed by atoms with E-state index in [1.54, 1.807) is 0 Å². The van der Waals surface area contributed by atoms with Gasteiger partial charge in [-0.3, -0.25) is 0 Å². The summed E-state index contributed by atoms with van der Waals surface area (Å²) < 4.78 is 2.70. The van der Waals surface area contributed by atoms with E-state index in [0.717, 1.165) is 0 Å². The van der Waals surface area contributed by atoms with Gasteiger partial charge in [0.15, 0.2) is 0 Å². The minimum atomic E-state index is -0.000759. The molecule has 10 rings (SSSR count). The van der Waals surface area contributed by atoms with E-state index in [0.29, 0.717) is 0 Å². The third-order valence-corrected chi connectivity index (χ3v) is 11.9. The van der Waals surface area contributed by atoms with E-state index in [4.69, 9.17) is 0 Å². The summed E-state index contributed by atoms with van der Waals surface area (Å²) in [5, 5.41) is 2.72. The summed E-state index contributed by atoms with van der Waals surface area (Å²) >= 11 is 1.90. The van der Waals surface area contributed by atoms with Crippen LogP contribution in [0.15, 0.2) is 125 Å². The zero-order chi connectivity index (χ0) is 32.7. The van der Waals surface area contributed by atoms with Crippen LogP contribution in [-0.4, -0.2) is 11.3 Å². The average Bonchev–Trinajstić information content (AvgIpc) is 3.41. The van der Waals surface area contributed by atoms with Gasteiger partial charge < -0.3 is 9.38 Å². The van der Waals surface area contributed by atoms with E-state index in [9.17, 15) is 0 Å². The average molecular weight is 637 g/mol. The van der Waals surface area contributed by atoms with Crippen molar-refractivity contribution in [2.45, 2.75) is 62.2 Å². The lowest BCUT2D eigenvalue weighted by Gasteiger charge is -2.44. The molecule has 0 radical (unpaired) electrons. The van der Waals surface area contributed by atoms with E-state index in [1.165, 1.54) is 93.0 Å². The van der Waals surface area contributed by atoms with Crippen molar-refractivity contribution in [2.75, 3.05) is 4.90 Å². The fraction of sp³-hybridized carbons (Fsp3) is 0.182. The molecule has 0 bridgehead atoms. The number of aromatic nitrogens is 1. The first-order chi connectivity index (χ1) is 23.1. The Kier molecular flexibility index (Phi) is 5.60. The van der Waals surface area contributed by atoms with Gasteiger partial charge >= 0.3 is 6.85 Å². The van der Waals surface area contributed by atoms with Gasteiger partial charge in [0.2, 0.25) is 0 Å². The van der Waals surface area contributed by atoms with Crippen LogP contribution in [0, 0.1) is 0 Å². The molecular weight excluding hydrogens is 599 g/mol.